The van der Waals surface area contributed by atoms with Crippen molar-refractivity contribution < 1.29 is 14.3 Å². The van der Waals surface area contributed by atoms with Gasteiger partial charge in [-0.05, 0) is 23.6 Å². The van der Waals surface area contributed by atoms with Gasteiger partial charge in [0.2, 0.25) is 11.8 Å². The number of aromatic amines is 1. The zero-order chi connectivity index (χ0) is 20.4. The lowest BCUT2D eigenvalue weighted by Crippen LogP contribution is -2.38. The first-order chi connectivity index (χ1) is 14.0. The molecule has 1 aliphatic heterocycles. The number of rotatable bonds is 5. The van der Waals surface area contributed by atoms with Gasteiger partial charge >= 0.3 is 0 Å². The van der Waals surface area contributed by atoms with E-state index in [9.17, 15) is 14.4 Å². The van der Waals surface area contributed by atoms with E-state index in [4.69, 9.17) is 4.74 Å². The van der Waals surface area contributed by atoms with E-state index in [1.54, 1.807) is 23.4 Å². The lowest BCUT2D eigenvalue weighted by Gasteiger charge is -2.29. The molecule has 0 bridgehead atoms. The molecule has 2 aromatic heterocycles. The molecule has 0 atom stereocenters. The maximum Gasteiger partial charge on any atom is 0.268 e. The number of hydrogen-bond acceptors (Lipinski definition) is 6. The zero-order valence-corrected chi connectivity index (χ0v) is 16.7. The summed E-state index contributed by atoms with van der Waals surface area (Å²) in [5.74, 6) is 0.793. The molecule has 1 N–H and O–H groups in total. The van der Waals surface area contributed by atoms with Gasteiger partial charge in [-0.25, -0.2) is 4.98 Å². The van der Waals surface area contributed by atoms with Gasteiger partial charge in [0.15, 0.2) is 0 Å². The maximum atomic E-state index is 12.6. The lowest BCUT2D eigenvalue weighted by molar-refractivity contribution is -0.132. The highest BCUT2D eigenvalue weighted by atomic mass is 32.1. The highest BCUT2D eigenvalue weighted by molar-refractivity contribution is 7.17. The second-order valence-electron chi connectivity index (χ2n) is 6.76. The number of thiophene rings is 1. The van der Waals surface area contributed by atoms with Crippen molar-refractivity contribution in [1.29, 1.82) is 0 Å². The fourth-order valence-electron chi connectivity index (χ4n) is 3.28. The van der Waals surface area contributed by atoms with Gasteiger partial charge in [-0.3, -0.25) is 14.4 Å². The number of ether oxygens (including phenoxy) is 1. The molecule has 1 aliphatic rings. The van der Waals surface area contributed by atoms with Gasteiger partial charge in [0.1, 0.15) is 22.9 Å². The Morgan fingerprint density at radius 1 is 1.28 bits per heavy atom. The van der Waals surface area contributed by atoms with Crippen LogP contribution in [-0.2, 0) is 16.1 Å². The molecule has 2 amide bonds. The van der Waals surface area contributed by atoms with Crippen molar-refractivity contribution in [2.24, 2.45) is 0 Å². The summed E-state index contributed by atoms with van der Waals surface area (Å²) in [6.07, 6.45) is 0.185. The van der Waals surface area contributed by atoms with Crippen LogP contribution in [0.1, 0.15) is 18.7 Å². The van der Waals surface area contributed by atoms with E-state index in [0.29, 0.717) is 34.9 Å². The Bertz CT molecular complexity index is 1120. The molecule has 1 aromatic carbocycles. The van der Waals surface area contributed by atoms with Crippen LogP contribution >= 0.6 is 11.3 Å². The highest BCUT2D eigenvalue weighted by Crippen LogP contribution is 2.31. The molecular formula is C20H20N4O4S. The number of benzene rings is 1. The molecule has 0 unspecified atom stereocenters. The third kappa shape index (κ3) is 4.00. The largest absolute Gasteiger partial charge is 0.490 e. The van der Waals surface area contributed by atoms with Crippen LogP contribution in [0, 0.1) is 0 Å². The predicted octanol–water partition coefficient (Wildman–Crippen LogP) is 2.15. The minimum atomic E-state index is -0.206. The average Bonchev–Trinajstić information content (AvgIpc) is 3.20. The third-order valence-corrected chi connectivity index (χ3v) is 5.66. The first-order valence-electron chi connectivity index (χ1n) is 9.25. The van der Waals surface area contributed by atoms with Crippen molar-refractivity contribution in [3.63, 3.8) is 0 Å². The Morgan fingerprint density at radius 2 is 2.10 bits per heavy atom. The summed E-state index contributed by atoms with van der Waals surface area (Å²) in [5.41, 5.74) is 1.15. The number of para-hydroxylation sites is 2. The van der Waals surface area contributed by atoms with Crippen LogP contribution in [0.25, 0.3) is 10.2 Å². The molecule has 0 saturated heterocycles. The monoisotopic (exact) mass is 412 g/mol. The second-order valence-corrected chi connectivity index (χ2v) is 7.68. The molecule has 9 heteroatoms. The van der Waals surface area contributed by atoms with E-state index >= 15 is 0 Å². The van der Waals surface area contributed by atoms with Crippen LogP contribution in [0.5, 0.6) is 5.75 Å². The minimum absolute atomic E-state index is 0.0831. The zero-order valence-electron chi connectivity index (χ0n) is 15.9. The van der Waals surface area contributed by atoms with Crippen LogP contribution in [0.2, 0.25) is 0 Å². The van der Waals surface area contributed by atoms with Crippen molar-refractivity contribution in [2.75, 3.05) is 25.1 Å². The number of nitrogens with zero attached hydrogens (tertiary/aromatic N) is 3. The van der Waals surface area contributed by atoms with Crippen LogP contribution in [-0.4, -0.2) is 46.9 Å². The Hall–Kier alpha value is -3.20. The molecule has 0 fully saturated rings. The van der Waals surface area contributed by atoms with E-state index in [-0.39, 0.29) is 36.8 Å². The Kier molecular flexibility index (Phi) is 5.30. The topological polar surface area (TPSA) is 95.6 Å². The smallest absolute Gasteiger partial charge is 0.268 e. The normalized spacial score (nSPS) is 13.1. The average molecular weight is 412 g/mol. The number of fused-ring (bicyclic) bond motifs is 2. The molecule has 3 heterocycles. The number of amides is 2. The fourth-order valence-corrected chi connectivity index (χ4v) is 4.00. The standard InChI is InChI=1S/C20H20N4O4S/c1-23(12-16-21-13-8-11-29-19(13)20(27)22-16)17(25)6-7-18(26)24-9-10-28-15-5-3-2-4-14(15)24/h2-5,8,11H,6-7,9-10,12H2,1H3,(H,21,22,27). The number of nitrogens with one attached hydrogen (secondary N) is 1. The Balaban J connectivity index is 1.36. The summed E-state index contributed by atoms with van der Waals surface area (Å²) in [7, 11) is 1.63. The summed E-state index contributed by atoms with van der Waals surface area (Å²) < 4.78 is 6.13. The van der Waals surface area contributed by atoms with E-state index in [1.165, 1.54) is 16.2 Å². The van der Waals surface area contributed by atoms with Crippen molar-refractivity contribution in [3.05, 3.63) is 51.9 Å². The molecule has 0 aliphatic carbocycles. The van der Waals surface area contributed by atoms with Gasteiger partial charge in [-0.15, -0.1) is 11.3 Å². The van der Waals surface area contributed by atoms with E-state index in [0.717, 1.165) is 5.69 Å². The summed E-state index contributed by atoms with van der Waals surface area (Å²) in [5, 5.41) is 1.81. The van der Waals surface area contributed by atoms with Crippen molar-refractivity contribution in [2.45, 2.75) is 19.4 Å². The summed E-state index contributed by atoms with van der Waals surface area (Å²) in [6.45, 7) is 1.07. The molecule has 3 aromatic rings. The van der Waals surface area contributed by atoms with E-state index < -0.39 is 0 Å². The van der Waals surface area contributed by atoms with Gasteiger partial charge in [0.05, 0.1) is 24.3 Å². The molecule has 0 saturated carbocycles. The van der Waals surface area contributed by atoms with Gasteiger partial charge < -0.3 is 19.5 Å². The molecule has 29 heavy (non-hydrogen) atoms. The van der Waals surface area contributed by atoms with Gasteiger partial charge in [-0.1, -0.05) is 12.1 Å². The van der Waals surface area contributed by atoms with Crippen LogP contribution in [0.15, 0.2) is 40.5 Å². The number of carbonyl (C=O) groups is 2. The highest BCUT2D eigenvalue weighted by Gasteiger charge is 2.24. The maximum absolute atomic E-state index is 12.6. The summed E-state index contributed by atoms with van der Waals surface area (Å²) >= 11 is 1.33. The van der Waals surface area contributed by atoms with Crippen LogP contribution < -0.4 is 15.2 Å². The Labute approximate surface area is 170 Å². The number of aromatic nitrogens is 2. The van der Waals surface area contributed by atoms with Crippen LogP contribution in [0.4, 0.5) is 5.69 Å². The molecule has 0 radical (unpaired) electrons. The summed E-state index contributed by atoms with van der Waals surface area (Å²) in [4.78, 5) is 47.4. The van der Waals surface area contributed by atoms with Gasteiger partial charge in [0.25, 0.3) is 5.56 Å². The predicted molar refractivity (Wildman–Crippen MR) is 110 cm³/mol. The van der Waals surface area contributed by atoms with E-state index in [1.807, 2.05) is 24.3 Å². The molecular weight excluding hydrogens is 392 g/mol. The van der Waals surface area contributed by atoms with E-state index in [2.05, 4.69) is 9.97 Å². The number of carbonyl (C=O) groups excluding carboxylic acids is 2. The van der Waals surface area contributed by atoms with Gasteiger partial charge in [0, 0.05) is 19.9 Å². The number of H-pyrrole nitrogens is 1. The molecule has 4 rings (SSSR count). The Morgan fingerprint density at radius 3 is 2.97 bits per heavy atom. The van der Waals surface area contributed by atoms with Crippen molar-refractivity contribution in [3.8, 4) is 5.75 Å². The van der Waals surface area contributed by atoms with Gasteiger partial charge in [-0.2, -0.15) is 0 Å². The van der Waals surface area contributed by atoms with Crippen LogP contribution in [0.3, 0.4) is 0 Å². The van der Waals surface area contributed by atoms with Crippen molar-refractivity contribution >= 4 is 39.1 Å². The molecule has 8 nitrogen and oxygen atoms in total. The minimum Gasteiger partial charge on any atom is -0.490 e. The third-order valence-electron chi connectivity index (χ3n) is 4.76. The quantitative estimate of drug-likeness (QED) is 0.693. The number of anilines is 1. The lowest BCUT2D eigenvalue weighted by atomic mass is 10.2. The first-order valence-corrected chi connectivity index (χ1v) is 10.1. The van der Waals surface area contributed by atoms with Crippen molar-refractivity contribution in [1.82, 2.24) is 14.9 Å². The number of hydrogen-bond donors (Lipinski definition) is 1. The summed E-state index contributed by atoms with van der Waals surface area (Å²) in [6, 6.07) is 9.15. The molecule has 150 valence electrons. The molecule has 0 spiro atoms. The SMILES string of the molecule is CN(Cc1nc2ccsc2c(=O)[nH]1)C(=O)CCC(=O)N1CCOc2ccccc21. The fraction of sp³-hybridized carbons (Fsp3) is 0.300. The first kappa shape index (κ1) is 19.1. The second kappa shape index (κ2) is 8.04.